The van der Waals surface area contributed by atoms with Crippen molar-refractivity contribution in [3.05, 3.63) is 71.8 Å². The summed E-state index contributed by atoms with van der Waals surface area (Å²) in [6.45, 7) is 1.95. The third kappa shape index (κ3) is 5.14. The van der Waals surface area contributed by atoms with Gasteiger partial charge in [0, 0.05) is 6.54 Å². The fraction of sp³-hybridized carbons (Fsp3) is 0.316. The van der Waals surface area contributed by atoms with Gasteiger partial charge in [0.05, 0.1) is 11.2 Å². The van der Waals surface area contributed by atoms with Gasteiger partial charge in [-0.15, -0.1) is 0 Å². The van der Waals surface area contributed by atoms with E-state index in [1.165, 1.54) is 7.05 Å². The molecule has 6 heteroatoms. The van der Waals surface area contributed by atoms with Crippen LogP contribution in [0.5, 0.6) is 0 Å². The lowest BCUT2D eigenvalue weighted by atomic mass is 9.76. The molecule has 0 aromatic heterocycles. The van der Waals surface area contributed by atoms with Gasteiger partial charge in [0.2, 0.25) is 15.9 Å². The number of carbonyl (C=O) groups excluding carboxylic acids is 1. The van der Waals surface area contributed by atoms with Crippen LogP contribution in [0.4, 0.5) is 0 Å². The number of hydrogen-bond donors (Lipinski definition) is 2. The van der Waals surface area contributed by atoms with Gasteiger partial charge in [0.1, 0.15) is 0 Å². The third-order valence-electron chi connectivity index (χ3n) is 4.28. The summed E-state index contributed by atoms with van der Waals surface area (Å²) in [6, 6.07) is 19.3. The summed E-state index contributed by atoms with van der Waals surface area (Å²) < 4.78 is 25.3. The summed E-state index contributed by atoms with van der Waals surface area (Å²) in [6.07, 6.45) is 0.530. The van der Waals surface area contributed by atoms with E-state index in [1.807, 2.05) is 67.6 Å². The van der Waals surface area contributed by atoms with Crippen LogP contribution >= 0.6 is 0 Å². The highest BCUT2D eigenvalue weighted by atomic mass is 32.2. The third-order valence-corrected chi connectivity index (χ3v) is 5.64. The zero-order valence-corrected chi connectivity index (χ0v) is 15.3. The Balaban J connectivity index is 2.21. The smallest absolute Gasteiger partial charge is 0.230 e. The fourth-order valence-electron chi connectivity index (χ4n) is 2.72. The Bertz CT molecular complexity index is 792. The van der Waals surface area contributed by atoms with E-state index in [-0.39, 0.29) is 18.2 Å². The molecule has 0 radical (unpaired) electrons. The lowest BCUT2D eigenvalue weighted by molar-refractivity contribution is -0.126. The molecule has 1 amide bonds. The van der Waals surface area contributed by atoms with E-state index < -0.39 is 15.4 Å². The second kappa shape index (κ2) is 8.27. The number of amides is 1. The number of hydrogen-bond acceptors (Lipinski definition) is 3. The van der Waals surface area contributed by atoms with Gasteiger partial charge in [0.25, 0.3) is 0 Å². The number of benzene rings is 2. The highest BCUT2D eigenvalue weighted by Gasteiger charge is 2.35. The van der Waals surface area contributed by atoms with E-state index in [4.69, 9.17) is 0 Å². The maximum absolute atomic E-state index is 12.9. The van der Waals surface area contributed by atoms with E-state index in [1.54, 1.807) is 0 Å². The van der Waals surface area contributed by atoms with Gasteiger partial charge >= 0.3 is 0 Å². The van der Waals surface area contributed by atoms with Crippen LogP contribution in [-0.2, 0) is 26.7 Å². The first-order valence-electron chi connectivity index (χ1n) is 8.16. The van der Waals surface area contributed by atoms with Crippen molar-refractivity contribution in [3.63, 3.8) is 0 Å². The molecular formula is C19H24N2O3S. The highest BCUT2D eigenvalue weighted by Crippen LogP contribution is 2.28. The maximum atomic E-state index is 12.9. The molecule has 0 saturated heterocycles. The van der Waals surface area contributed by atoms with Crippen LogP contribution in [0, 0.1) is 0 Å². The molecule has 2 aromatic carbocycles. The number of sulfonamides is 1. The van der Waals surface area contributed by atoms with Gasteiger partial charge in [-0.25, -0.2) is 13.1 Å². The molecule has 5 nitrogen and oxygen atoms in total. The summed E-state index contributed by atoms with van der Waals surface area (Å²) in [5, 5.41) is 2.77. The molecule has 0 heterocycles. The van der Waals surface area contributed by atoms with Crippen LogP contribution in [0.1, 0.15) is 18.1 Å². The largest absolute Gasteiger partial charge is 0.354 e. The van der Waals surface area contributed by atoms with Crippen molar-refractivity contribution in [2.75, 3.05) is 19.3 Å². The van der Waals surface area contributed by atoms with Crippen LogP contribution in [-0.4, -0.2) is 33.7 Å². The first-order chi connectivity index (χ1) is 11.9. The van der Waals surface area contributed by atoms with Gasteiger partial charge in [-0.1, -0.05) is 60.7 Å². The van der Waals surface area contributed by atoms with Crippen molar-refractivity contribution in [1.29, 1.82) is 0 Å². The topological polar surface area (TPSA) is 75.3 Å². The molecule has 0 aliphatic heterocycles. The van der Waals surface area contributed by atoms with E-state index in [9.17, 15) is 13.2 Å². The second-order valence-corrected chi connectivity index (χ2v) is 8.19. The minimum absolute atomic E-state index is 0.0687. The SMILES string of the molecule is CNS(=O)(=O)CCNC(=O)C(C)(Cc1ccccc1)c1ccccc1. The number of rotatable bonds is 8. The van der Waals surface area contributed by atoms with Gasteiger partial charge in [-0.05, 0) is 31.5 Å². The molecule has 0 bridgehead atoms. The molecule has 0 spiro atoms. The van der Waals surface area contributed by atoms with Gasteiger partial charge in [-0.2, -0.15) is 0 Å². The quantitative estimate of drug-likeness (QED) is 0.754. The Morgan fingerprint density at radius 1 is 1.00 bits per heavy atom. The molecule has 2 rings (SSSR count). The molecule has 1 atom stereocenters. The van der Waals surface area contributed by atoms with Crippen molar-refractivity contribution in [2.45, 2.75) is 18.8 Å². The zero-order chi connectivity index (χ0) is 18.3. The van der Waals surface area contributed by atoms with Crippen LogP contribution in [0.2, 0.25) is 0 Å². The van der Waals surface area contributed by atoms with Gasteiger partial charge in [0.15, 0.2) is 0 Å². The summed E-state index contributed by atoms with van der Waals surface area (Å²) in [5.74, 6) is -0.334. The van der Waals surface area contributed by atoms with Crippen molar-refractivity contribution in [1.82, 2.24) is 10.0 Å². The van der Waals surface area contributed by atoms with Crippen molar-refractivity contribution >= 4 is 15.9 Å². The summed E-state index contributed by atoms with van der Waals surface area (Å²) in [4.78, 5) is 12.9. The minimum atomic E-state index is -3.35. The van der Waals surface area contributed by atoms with Crippen LogP contribution < -0.4 is 10.0 Å². The predicted octanol–water partition coefficient (Wildman–Crippen LogP) is 1.85. The molecule has 134 valence electrons. The van der Waals surface area contributed by atoms with Crippen molar-refractivity contribution in [3.8, 4) is 0 Å². The predicted molar refractivity (Wildman–Crippen MR) is 99.8 cm³/mol. The van der Waals surface area contributed by atoms with Crippen LogP contribution in [0.15, 0.2) is 60.7 Å². The van der Waals surface area contributed by atoms with Crippen molar-refractivity contribution in [2.24, 2.45) is 0 Å². The van der Waals surface area contributed by atoms with Crippen molar-refractivity contribution < 1.29 is 13.2 Å². The molecule has 0 saturated carbocycles. The molecule has 2 N–H and O–H groups in total. The molecule has 2 aromatic rings. The maximum Gasteiger partial charge on any atom is 0.230 e. The summed E-state index contributed by atoms with van der Waals surface area (Å²) in [5.41, 5.74) is 1.16. The first-order valence-corrected chi connectivity index (χ1v) is 9.81. The lowest BCUT2D eigenvalue weighted by Crippen LogP contribution is -2.45. The van der Waals surface area contributed by atoms with Crippen LogP contribution in [0.25, 0.3) is 0 Å². The molecule has 0 fully saturated rings. The molecule has 25 heavy (non-hydrogen) atoms. The fourth-order valence-corrected chi connectivity index (χ4v) is 3.29. The van der Waals surface area contributed by atoms with Gasteiger partial charge < -0.3 is 5.32 Å². The van der Waals surface area contributed by atoms with E-state index >= 15 is 0 Å². The summed E-state index contributed by atoms with van der Waals surface area (Å²) >= 11 is 0. The molecule has 0 aliphatic carbocycles. The standard InChI is InChI=1S/C19H24N2O3S/c1-19(17-11-7-4-8-12-17,15-16-9-5-3-6-10-16)18(22)21-13-14-25(23,24)20-2/h3-12,20H,13-15H2,1-2H3,(H,21,22). The number of carbonyl (C=O) groups is 1. The minimum Gasteiger partial charge on any atom is -0.354 e. The van der Waals surface area contributed by atoms with Gasteiger partial charge in [-0.3, -0.25) is 4.79 Å². The normalized spacial score (nSPS) is 13.8. The van der Waals surface area contributed by atoms with Crippen LogP contribution in [0.3, 0.4) is 0 Å². The highest BCUT2D eigenvalue weighted by molar-refractivity contribution is 7.89. The Morgan fingerprint density at radius 3 is 2.12 bits per heavy atom. The average molecular weight is 360 g/mol. The monoisotopic (exact) mass is 360 g/mol. The first kappa shape index (κ1) is 19.1. The zero-order valence-electron chi connectivity index (χ0n) is 14.5. The molecule has 0 aliphatic rings. The Kier molecular flexibility index (Phi) is 6.33. The van der Waals surface area contributed by atoms with E-state index in [0.29, 0.717) is 6.42 Å². The lowest BCUT2D eigenvalue weighted by Gasteiger charge is -2.29. The second-order valence-electron chi connectivity index (χ2n) is 6.14. The molecule has 1 unspecified atom stereocenters. The Hall–Kier alpha value is -2.18. The molecular weight excluding hydrogens is 336 g/mol. The van der Waals surface area contributed by atoms with E-state index in [2.05, 4.69) is 10.0 Å². The number of nitrogens with one attached hydrogen (secondary N) is 2. The average Bonchev–Trinajstić information content (AvgIpc) is 2.63. The summed E-state index contributed by atoms with van der Waals surface area (Å²) in [7, 11) is -1.99. The Labute approximate surface area is 149 Å². The Morgan fingerprint density at radius 2 is 1.56 bits per heavy atom. The van der Waals surface area contributed by atoms with E-state index in [0.717, 1.165) is 11.1 Å².